The Bertz CT molecular complexity index is 1850. The van der Waals surface area contributed by atoms with Gasteiger partial charge in [-0.3, -0.25) is 9.59 Å². The number of rotatable bonds is 14. The zero-order valence-corrected chi connectivity index (χ0v) is 28.2. The number of carbonyl (C=O) groups is 2. The summed E-state index contributed by atoms with van der Waals surface area (Å²) in [7, 11) is 0. The van der Waals surface area contributed by atoms with Crippen molar-refractivity contribution in [3.05, 3.63) is 137 Å². The molecule has 0 aliphatic carbocycles. The van der Waals surface area contributed by atoms with Gasteiger partial charge in [-0.2, -0.15) is 0 Å². The van der Waals surface area contributed by atoms with E-state index in [1.54, 1.807) is 0 Å². The Morgan fingerprint density at radius 2 is 1.59 bits per heavy atom. The largest absolute Gasteiger partial charge is 0.489 e. The van der Waals surface area contributed by atoms with Gasteiger partial charge in [-0.15, -0.1) is 0 Å². The molecule has 2 saturated heterocycles. The topological polar surface area (TPSA) is 75.6 Å². The molecule has 252 valence electrons. The van der Waals surface area contributed by atoms with Crippen LogP contribution >= 0.6 is 0 Å². The molecule has 2 fully saturated rings. The van der Waals surface area contributed by atoms with Crippen LogP contribution in [-0.2, 0) is 17.9 Å². The molecule has 2 aliphatic heterocycles. The number of para-hydroxylation sites is 1. The summed E-state index contributed by atoms with van der Waals surface area (Å²) in [5.74, 6) is 0.780. The van der Waals surface area contributed by atoms with Crippen LogP contribution in [0.5, 0.6) is 5.75 Å². The van der Waals surface area contributed by atoms with Crippen LogP contribution in [0.3, 0.4) is 0 Å². The van der Waals surface area contributed by atoms with Crippen molar-refractivity contribution in [2.75, 3.05) is 26.2 Å². The highest BCUT2D eigenvalue weighted by molar-refractivity contribution is 6.03. The van der Waals surface area contributed by atoms with E-state index in [2.05, 4.69) is 88.0 Å². The lowest BCUT2D eigenvalue weighted by Gasteiger charge is -2.22. The monoisotopic (exact) mass is 654 g/mol. The number of ether oxygens (including phenoxy) is 1. The molecule has 7 nitrogen and oxygen atoms in total. The summed E-state index contributed by atoms with van der Waals surface area (Å²) < 4.78 is 8.42. The maximum Gasteiger partial charge on any atom is 0.268 e. The normalized spacial score (nSPS) is 16.7. The Morgan fingerprint density at radius 3 is 2.33 bits per heavy atom. The number of hydrogen-bond donors (Lipinski definition) is 2. The Kier molecular flexibility index (Phi) is 10.4. The van der Waals surface area contributed by atoms with Gasteiger partial charge >= 0.3 is 0 Å². The number of carbonyl (C=O) groups excluding carboxylic acids is 2. The first-order valence-corrected chi connectivity index (χ1v) is 17.9. The minimum Gasteiger partial charge on any atom is -0.489 e. The summed E-state index contributed by atoms with van der Waals surface area (Å²) in [6.45, 7) is 4.30. The van der Waals surface area contributed by atoms with Gasteiger partial charge in [0.1, 0.15) is 18.1 Å². The summed E-state index contributed by atoms with van der Waals surface area (Å²) in [5.41, 5.74) is 6.16. The molecule has 2 aliphatic rings. The molecule has 4 aromatic carbocycles. The molecule has 5 aromatic rings. The van der Waals surface area contributed by atoms with Crippen molar-refractivity contribution >= 4 is 22.7 Å². The lowest BCUT2D eigenvalue weighted by molar-refractivity contribution is -0.127. The maximum atomic E-state index is 14.5. The first-order valence-electron chi connectivity index (χ1n) is 17.9. The lowest BCUT2D eigenvalue weighted by Crippen LogP contribution is -2.32. The fraction of sp³-hybridized carbons (Fsp3) is 0.333. The predicted molar refractivity (Wildman–Crippen MR) is 195 cm³/mol. The van der Waals surface area contributed by atoms with Gasteiger partial charge < -0.3 is 24.8 Å². The highest BCUT2D eigenvalue weighted by Crippen LogP contribution is 2.41. The lowest BCUT2D eigenvalue weighted by atomic mass is 9.83. The molecule has 0 spiro atoms. The number of amides is 2. The minimum absolute atomic E-state index is 0.0675. The third-order valence-electron chi connectivity index (χ3n) is 10.0. The van der Waals surface area contributed by atoms with E-state index in [0.717, 1.165) is 89.9 Å². The number of aromatic nitrogens is 1. The fourth-order valence-corrected chi connectivity index (χ4v) is 7.55. The van der Waals surface area contributed by atoms with Gasteiger partial charge in [0.2, 0.25) is 5.91 Å². The molecular weight excluding hydrogens is 608 g/mol. The SMILES string of the molecule is O=C(NCCCN1CCCC1=O)c1c(C(c2ccccc2)c2ccc(OCc3ccccc3)cc2)c2ccccc2n1CCC1CCCN1. The number of fused-ring (bicyclic) bond motifs is 1. The number of benzene rings is 4. The third kappa shape index (κ3) is 7.57. The number of aryl methyl sites for hydroxylation is 1. The molecular formula is C42H46N4O3. The van der Waals surface area contributed by atoms with Crippen LogP contribution in [0.4, 0.5) is 0 Å². The minimum atomic E-state index is -0.178. The van der Waals surface area contributed by atoms with E-state index >= 15 is 0 Å². The first-order chi connectivity index (χ1) is 24.2. The molecule has 2 atom stereocenters. The summed E-state index contributed by atoms with van der Waals surface area (Å²) in [4.78, 5) is 28.6. The van der Waals surface area contributed by atoms with Crippen molar-refractivity contribution in [2.24, 2.45) is 0 Å². The average molecular weight is 655 g/mol. The standard InChI is InChI=1S/C42H46N4O3/c47-38-19-10-27-45(38)28-11-26-44-42(48)41-40(36-17-7-8-18-37(36)46(41)29-24-34-16-9-25-43-34)39(32-14-5-2-6-15-32)33-20-22-35(23-21-33)49-30-31-12-3-1-4-13-31/h1-8,12-15,17-18,20-23,34,39,43H,9-11,16,19,24-30H2,(H,44,48). The van der Waals surface area contributed by atoms with Crippen LogP contribution < -0.4 is 15.4 Å². The highest BCUT2D eigenvalue weighted by Gasteiger charge is 2.31. The van der Waals surface area contributed by atoms with Crippen molar-refractivity contribution in [2.45, 2.75) is 63.6 Å². The molecule has 2 N–H and O–H groups in total. The van der Waals surface area contributed by atoms with Crippen LogP contribution in [0, 0.1) is 0 Å². The highest BCUT2D eigenvalue weighted by atomic mass is 16.5. The van der Waals surface area contributed by atoms with Crippen molar-refractivity contribution < 1.29 is 14.3 Å². The number of hydrogen-bond acceptors (Lipinski definition) is 4. The molecule has 0 radical (unpaired) electrons. The maximum absolute atomic E-state index is 14.5. The van der Waals surface area contributed by atoms with E-state index in [1.165, 1.54) is 6.42 Å². The Morgan fingerprint density at radius 1 is 0.857 bits per heavy atom. The van der Waals surface area contributed by atoms with Crippen molar-refractivity contribution in [1.82, 2.24) is 20.1 Å². The van der Waals surface area contributed by atoms with E-state index in [1.807, 2.05) is 41.3 Å². The molecule has 1 aromatic heterocycles. The number of likely N-dealkylation sites (tertiary alicyclic amines) is 1. The molecule has 2 amide bonds. The van der Waals surface area contributed by atoms with E-state index in [9.17, 15) is 9.59 Å². The second kappa shape index (κ2) is 15.6. The molecule has 7 heteroatoms. The van der Waals surface area contributed by atoms with Crippen molar-refractivity contribution in [3.63, 3.8) is 0 Å². The van der Waals surface area contributed by atoms with Crippen LogP contribution in [0.2, 0.25) is 0 Å². The summed E-state index contributed by atoms with van der Waals surface area (Å²) in [6, 6.07) is 38.0. The fourth-order valence-electron chi connectivity index (χ4n) is 7.55. The molecule has 0 bridgehead atoms. The molecule has 2 unspecified atom stereocenters. The van der Waals surface area contributed by atoms with Gasteiger partial charge in [-0.25, -0.2) is 0 Å². The molecule has 7 rings (SSSR count). The second-order valence-electron chi connectivity index (χ2n) is 13.3. The van der Waals surface area contributed by atoms with Crippen molar-refractivity contribution in [1.29, 1.82) is 0 Å². The van der Waals surface area contributed by atoms with Crippen LogP contribution in [0.25, 0.3) is 10.9 Å². The van der Waals surface area contributed by atoms with Gasteiger partial charge in [0.05, 0.1) is 0 Å². The van der Waals surface area contributed by atoms with Crippen LogP contribution in [0.1, 0.15) is 77.2 Å². The second-order valence-corrected chi connectivity index (χ2v) is 13.3. The van der Waals surface area contributed by atoms with E-state index in [-0.39, 0.29) is 17.7 Å². The Hall–Kier alpha value is -4.88. The van der Waals surface area contributed by atoms with Gasteiger partial charge in [0.15, 0.2) is 0 Å². The van der Waals surface area contributed by atoms with Gasteiger partial charge in [-0.1, -0.05) is 91.0 Å². The zero-order chi connectivity index (χ0) is 33.4. The summed E-state index contributed by atoms with van der Waals surface area (Å²) >= 11 is 0. The van der Waals surface area contributed by atoms with Crippen molar-refractivity contribution in [3.8, 4) is 5.75 Å². The Labute approximate surface area is 289 Å². The van der Waals surface area contributed by atoms with Gasteiger partial charge in [0.25, 0.3) is 5.91 Å². The summed E-state index contributed by atoms with van der Waals surface area (Å²) in [5, 5.41) is 8.01. The third-order valence-corrected chi connectivity index (χ3v) is 10.0. The van der Waals surface area contributed by atoms with Crippen LogP contribution in [-0.4, -0.2) is 53.5 Å². The molecule has 0 saturated carbocycles. The van der Waals surface area contributed by atoms with Gasteiger partial charge in [0, 0.05) is 61.0 Å². The quantitative estimate of drug-likeness (QED) is 0.123. The zero-order valence-electron chi connectivity index (χ0n) is 28.2. The summed E-state index contributed by atoms with van der Waals surface area (Å²) in [6.07, 6.45) is 5.59. The molecule has 49 heavy (non-hydrogen) atoms. The molecule has 3 heterocycles. The number of nitrogens with one attached hydrogen (secondary N) is 2. The smallest absolute Gasteiger partial charge is 0.268 e. The number of nitrogens with zero attached hydrogens (tertiary/aromatic N) is 2. The first kappa shape index (κ1) is 32.7. The average Bonchev–Trinajstić information content (AvgIpc) is 3.90. The van der Waals surface area contributed by atoms with E-state index in [4.69, 9.17) is 4.74 Å². The van der Waals surface area contributed by atoms with E-state index < -0.39 is 0 Å². The Balaban J connectivity index is 1.25. The van der Waals surface area contributed by atoms with Gasteiger partial charge in [-0.05, 0) is 73.5 Å². The predicted octanol–water partition coefficient (Wildman–Crippen LogP) is 7.28. The van der Waals surface area contributed by atoms with Crippen LogP contribution in [0.15, 0.2) is 109 Å². The van der Waals surface area contributed by atoms with E-state index in [0.29, 0.717) is 32.2 Å².